The third-order valence-corrected chi connectivity index (χ3v) is 3.48. The van der Waals surface area contributed by atoms with Gasteiger partial charge in [-0.15, -0.1) is 0 Å². The number of amides is 1. The first kappa shape index (κ1) is 18.3. The van der Waals surface area contributed by atoms with Gasteiger partial charge in [0.1, 0.15) is 5.82 Å². The highest BCUT2D eigenvalue weighted by Crippen LogP contribution is 2.26. The molecule has 0 bridgehead atoms. The van der Waals surface area contributed by atoms with Crippen LogP contribution in [0.15, 0.2) is 42.5 Å². The molecule has 1 unspecified atom stereocenters. The van der Waals surface area contributed by atoms with Crippen molar-refractivity contribution in [3.05, 3.63) is 69.0 Å². The Morgan fingerprint density at radius 3 is 2.56 bits per heavy atom. The van der Waals surface area contributed by atoms with Gasteiger partial charge >= 0.3 is 5.97 Å². The Morgan fingerprint density at radius 1 is 1.28 bits per heavy atom. The van der Waals surface area contributed by atoms with Crippen LogP contribution in [0.2, 0.25) is 5.02 Å². The lowest BCUT2D eigenvalue weighted by Crippen LogP contribution is -2.30. The van der Waals surface area contributed by atoms with Crippen LogP contribution in [0.25, 0.3) is 0 Å². The van der Waals surface area contributed by atoms with Crippen molar-refractivity contribution in [1.82, 2.24) is 0 Å². The second kappa shape index (κ2) is 7.71. The number of carbonyl (C=O) groups is 2. The second-order valence-corrected chi connectivity index (χ2v) is 5.35. The van der Waals surface area contributed by atoms with Gasteiger partial charge in [0.25, 0.3) is 11.6 Å². The van der Waals surface area contributed by atoms with Crippen LogP contribution in [0.3, 0.4) is 0 Å². The first-order valence-corrected chi connectivity index (χ1v) is 7.37. The SMILES string of the molecule is CC(OC(=O)c1ccccc1F)C(=O)Nc1ccc([N+](=O)[O-])cc1Cl. The first-order chi connectivity index (χ1) is 11.8. The van der Waals surface area contributed by atoms with E-state index in [4.69, 9.17) is 16.3 Å². The average Bonchev–Trinajstić information content (AvgIpc) is 2.56. The predicted molar refractivity (Wildman–Crippen MR) is 88.0 cm³/mol. The summed E-state index contributed by atoms with van der Waals surface area (Å²) >= 11 is 5.87. The highest BCUT2D eigenvalue weighted by Gasteiger charge is 2.22. The largest absolute Gasteiger partial charge is 0.449 e. The van der Waals surface area contributed by atoms with E-state index in [0.717, 1.165) is 18.2 Å². The van der Waals surface area contributed by atoms with Crippen molar-refractivity contribution >= 4 is 34.9 Å². The molecule has 0 spiro atoms. The minimum atomic E-state index is -1.24. The fraction of sp³-hybridized carbons (Fsp3) is 0.125. The number of benzene rings is 2. The fourth-order valence-electron chi connectivity index (χ4n) is 1.86. The van der Waals surface area contributed by atoms with Crippen molar-refractivity contribution in [2.24, 2.45) is 0 Å². The number of halogens is 2. The lowest BCUT2D eigenvalue weighted by molar-refractivity contribution is -0.384. The van der Waals surface area contributed by atoms with Crippen LogP contribution in [-0.2, 0) is 9.53 Å². The maximum absolute atomic E-state index is 13.5. The van der Waals surface area contributed by atoms with Gasteiger partial charge in [-0.25, -0.2) is 9.18 Å². The molecule has 2 aromatic carbocycles. The Balaban J connectivity index is 2.04. The molecule has 0 saturated carbocycles. The number of nitrogens with zero attached hydrogens (tertiary/aromatic N) is 1. The summed E-state index contributed by atoms with van der Waals surface area (Å²) < 4.78 is 18.4. The number of hydrogen-bond acceptors (Lipinski definition) is 5. The van der Waals surface area contributed by atoms with Gasteiger partial charge in [0.15, 0.2) is 6.10 Å². The summed E-state index contributed by atoms with van der Waals surface area (Å²) in [4.78, 5) is 34.0. The van der Waals surface area contributed by atoms with Gasteiger partial charge < -0.3 is 10.1 Å². The zero-order valence-electron chi connectivity index (χ0n) is 12.9. The molecule has 2 aromatic rings. The molecule has 0 heterocycles. The summed E-state index contributed by atoms with van der Waals surface area (Å²) in [5.41, 5.74) is -0.413. The smallest absolute Gasteiger partial charge is 0.341 e. The van der Waals surface area contributed by atoms with E-state index in [2.05, 4.69) is 5.32 Å². The Hall–Kier alpha value is -3.00. The molecule has 1 amide bonds. The molecule has 130 valence electrons. The van der Waals surface area contributed by atoms with E-state index in [0.29, 0.717) is 0 Å². The maximum atomic E-state index is 13.5. The summed E-state index contributed by atoms with van der Waals surface area (Å²) in [5.74, 6) is -2.48. The second-order valence-electron chi connectivity index (χ2n) is 4.94. The topological polar surface area (TPSA) is 98.5 Å². The van der Waals surface area contributed by atoms with Crippen LogP contribution in [0.5, 0.6) is 0 Å². The highest BCUT2D eigenvalue weighted by atomic mass is 35.5. The van der Waals surface area contributed by atoms with Crippen molar-refractivity contribution in [2.75, 3.05) is 5.32 Å². The van der Waals surface area contributed by atoms with Gasteiger partial charge in [-0.2, -0.15) is 0 Å². The van der Waals surface area contributed by atoms with Crippen molar-refractivity contribution in [1.29, 1.82) is 0 Å². The predicted octanol–water partition coefficient (Wildman–Crippen LogP) is 3.57. The number of rotatable bonds is 5. The van der Waals surface area contributed by atoms with E-state index < -0.39 is 28.7 Å². The Bertz CT molecular complexity index is 843. The number of carbonyl (C=O) groups excluding carboxylic acids is 2. The monoisotopic (exact) mass is 366 g/mol. The minimum absolute atomic E-state index is 0.0461. The molecule has 0 aliphatic rings. The number of hydrogen-bond donors (Lipinski definition) is 1. The molecule has 2 rings (SSSR count). The number of non-ortho nitro benzene ring substituents is 1. The molecule has 0 aromatic heterocycles. The molecule has 0 aliphatic heterocycles. The molecule has 9 heteroatoms. The Morgan fingerprint density at radius 2 is 1.96 bits per heavy atom. The van der Waals surface area contributed by atoms with E-state index in [9.17, 15) is 24.1 Å². The molecule has 0 fully saturated rings. The van der Waals surface area contributed by atoms with Crippen LogP contribution in [0.1, 0.15) is 17.3 Å². The third-order valence-electron chi connectivity index (χ3n) is 3.17. The standard InChI is InChI=1S/C16H12ClFN2O5/c1-9(25-16(22)11-4-2-3-5-13(11)18)15(21)19-14-7-6-10(20(23)24)8-12(14)17/h2-9H,1H3,(H,19,21). The fourth-order valence-corrected chi connectivity index (χ4v) is 2.08. The van der Waals surface area contributed by atoms with E-state index in [1.54, 1.807) is 0 Å². The Kier molecular flexibility index (Phi) is 5.66. The minimum Gasteiger partial charge on any atom is -0.449 e. The van der Waals surface area contributed by atoms with E-state index in [-0.39, 0.29) is 22.0 Å². The van der Waals surface area contributed by atoms with E-state index in [1.807, 2.05) is 0 Å². The van der Waals surface area contributed by atoms with Crippen molar-refractivity contribution < 1.29 is 23.6 Å². The van der Waals surface area contributed by atoms with Crippen LogP contribution in [0.4, 0.5) is 15.8 Å². The number of nitro benzene ring substituents is 1. The Labute approximate surface area is 146 Å². The third kappa shape index (κ3) is 4.51. The van der Waals surface area contributed by atoms with Crippen LogP contribution in [-0.4, -0.2) is 22.9 Å². The zero-order chi connectivity index (χ0) is 18.6. The normalized spacial score (nSPS) is 11.5. The first-order valence-electron chi connectivity index (χ1n) is 7.00. The van der Waals surface area contributed by atoms with Crippen molar-refractivity contribution in [3.63, 3.8) is 0 Å². The number of anilines is 1. The van der Waals surface area contributed by atoms with Gasteiger partial charge in [0.05, 0.1) is 21.2 Å². The van der Waals surface area contributed by atoms with Crippen LogP contribution >= 0.6 is 11.6 Å². The van der Waals surface area contributed by atoms with Crippen LogP contribution < -0.4 is 5.32 Å². The number of esters is 1. The quantitative estimate of drug-likeness (QED) is 0.495. The average molecular weight is 367 g/mol. The molecule has 25 heavy (non-hydrogen) atoms. The summed E-state index contributed by atoms with van der Waals surface area (Å²) in [6, 6.07) is 8.70. The summed E-state index contributed by atoms with van der Waals surface area (Å²) in [6.45, 7) is 1.30. The summed E-state index contributed by atoms with van der Waals surface area (Å²) in [7, 11) is 0. The number of ether oxygens (including phenoxy) is 1. The molecule has 0 saturated heterocycles. The molecule has 0 aliphatic carbocycles. The maximum Gasteiger partial charge on any atom is 0.341 e. The molecule has 1 N–H and O–H groups in total. The molecule has 0 radical (unpaired) electrons. The molecule has 1 atom stereocenters. The highest BCUT2D eigenvalue weighted by molar-refractivity contribution is 6.34. The lowest BCUT2D eigenvalue weighted by atomic mass is 10.2. The number of nitrogens with one attached hydrogen (secondary N) is 1. The summed E-state index contributed by atoms with van der Waals surface area (Å²) in [5, 5.41) is 13.0. The van der Waals surface area contributed by atoms with Gasteiger partial charge in [0, 0.05) is 12.1 Å². The van der Waals surface area contributed by atoms with Crippen molar-refractivity contribution in [2.45, 2.75) is 13.0 Å². The van der Waals surface area contributed by atoms with E-state index in [1.165, 1.54) is 31.2 Å². The van der Waals surface area contributed by atoms with E-state index >= 15 is 0 Å². The molecule has 7 nitrogen and oxygen atoms in total. The summed E-state index contributed by atoms with van der Waals surface area (Å²) in [6.07, 6.45) is -1.24. The molecular weight excluding hydrogens is 355 g/mol. The van der Waals surface area contributed by atoms with Crippen LogP contribution in [0, 0.1) is 15.9 Å². The zero-order valence-corrected chi connectivity index (χ0v) is 13.6. The van der Waals surface area contributed by atoms with Gasteiger partial charge in [-0.1, -0.05) is 23.7 Å². The van der Waals surface area contributed by atoms with Gasteiger partial charge in [-0.05, 0) is 25.1 Å². The lowest BCUT2D eigenvalue weighted by Gasteiger charge is -2.14. The number of nitro groups is 1. The van der Waals surface area contributed by atoms with Crippen molar-refractivity contribution in [3.8, 4) is 0 Å². The van der Waals surface area contributed by atoms with Gasteiger partial charge in [0.2, 0.25) is 0 Å². The van der Waals surface area contributed by atoms with Gasteiger partial charge in [-0.3, -0.25) is 14.9 Å². The molecular formula is C16H12ClFN2O5.